The van der Waals surface area contributed by atoms with Gasteiger partial charge in [0.2, 0.25) is 0 Å². The van der Waals surface area contributed by atoms with E-state index in [2.05, 4.69) is 9.64 Å². The first-order chi connectivity index (χ1) is 9.48. The van der Waals surface area contributed by atoms with E-state index in [4.69, 9.17) is 5.73 Å². The molecule has 1 aromatic rings. The summed E-state index contributed by atoms with van der Waals surface area (Å²) in [6, 6.07) is 4.61. The van der Waals surface area contributed by atoms with Gasteiger partial charge in [-0.2, -0.15) is 0 Å². The molecule has 0 saturated heterocycles. The summed E-state index contributed by atoms with van der Waals surface area (Å²) in [7, 11) is 0. The number of rotatable bonds is 5. The molecule has 1 heterocycles. The predicted octanol–water partition coefficient (Wildman–Crippen LogP) is 2.68. The topological polar surface area (TPSA) is 38.5 Å². The van der Waals surface area contributed by atoms with Gasteiger partial charge in [-0.15, -0.1) is 13.2 Å². The third-order valence-electron chi connectivity index (χ3n) is 3.43. The largest absolute Gasteiger partial charge is 0.573 e. The van der Waals surface area contributed by atoms with E-state index in [0.717, 1.165) is 50.0 Å². The molecule has 0 aliphatic carbocycles. The summed E-state index contributed by atoms with van der Waals surface area (Å²) in [6.07, 6.45) is -1.81. The predicted molar refractivity (Wildman–Crippen MR) is 70.4 cm³/mol. The summed E-state index contributed by atoms with van der Waals surface area (Å²) in [5.74, 6) is -0.132. The second-order valence-corrected chi connectivity index (χ2v) is 5.00. The average Bonchev–Trinajstić information content (AvgIpc) is 2.37. The zero-order valence-electron chi connectivity index (χ0n) is 11.2. The molecule has 2 rings (SSSR count). The Balaban J connectivity index is 1.97. The summed E-state index contributed by atoms with van der Waals surface area (Å²) in [4.78, 5) is 2.31. The van der Waals surface area contributed by atoms with Crippen molar-refractivity contribution in [3.63, 3.8) is 0 Å². The van der Waals surface area contributed by atoms with Crippen LogP contribution in [0.1, 0.15) is 24.0 Å². The normalized spacial score (nSPS) is 16.0. The number of benzene rings is 1. The van der Waals surface area contributed by atoms with Crippen LogP contribution in [0.3, 0.4) is 0 Å². The van der Waals surface area contributed by atoms with Gasteiger partial charge >= 0.3 is 6.36 Å². The Kier molecular flexibility index (Phi) is 4.88. The SMILES string of the molecule is NCCCCN1CCc2cc(OC(F)(F)F)ccc2C1. The fourth-order valence-corrected chi connectivity index (χ4v) is 2.46. The van der Waals surface area contributed by atoms with Crippen molar-refractivity contribution in [2.24, 2.45) is 5.73 Å². The quantitative estimate of drug-likeness (QED) is 0.847. The van der Waals surface area contributed by atoms with Gasteiger partial charge in [0.15, 0.2) is 0 Å². The van der Waals surface area contributed by atoms with E-state index < -0.39 is 6.36 Å². The van der Waals surface area contributed by atoms with Crippen molar-refractivity contribution < 1.29 is 17.9 Å². The summed E-state index contributed by atoms with van der Waals surface area (Å²) >= 11 is 0. The lowest BCUT2D eigenvalue weighted by atomic mass is 9.99. The molecule has 2 N–H and O–H groups in total. The van der Waals surface area contributed by atoms with Crippen LogP contribution in [0, 0.1) is 0 Å². The van der Waals surface area contributed by atoms with E-state index in [-0.39, 0.29) is 5.75 Å². The summed E-state index contributed by atoms with van der Waals surface area (Å²) in [5, 5.41) is 0. The third-order valence-corrected chi connectivity index (χ3v) is 3.43. The Morgan fingerprint density at radius 2 is 2.00 bits per heavy atom. The molecule has 112 valence electrons. The van der Waals surface area contributed by atoms with Crippen molar-refractivity contribution in [2.45, 2.75) is 32.2 Å². The Morgan fingerprint density at radius 1 is 1.20 bits per heavy atom. The van der Waals surface area contributed by atoms with Gasteiger partial charge in [0.25, 0.3) is 0 Å². The molecule has 1 aliphatic rings. The average molecular weight is 288 g/mol. The number of hydrogen-bond acceptors (Lipinski definition) is 3. The summed E-state index contributed by atoms with van der Waals surface area (Å²) in [5.41, 5.74) is 7.49. The zero-order chi connectivity index (χ0) is 14.6. The molecule has 1 aliphatic heterocycles. The van der Waals surface area contributed by atoms with Gasteiger partial charge in [0, 0.05) is 13.1 Å². The summed E-state index contributed by atoms with van der Waals surface area (Å²) in [6.45, 7) is 3.33. The van der Waals surface area contributed by atoms with Crippen LogP contribution in [0.5, 0.6) is 5.75 Å². The van der Waals surface area contributed by atoms with Gasteiger partial charge in [-0.05, 0) is 55.6 Å². The molecule has 20 heavy (non-hydrogen) atoms. The van der Waals surface area contributed by atoms with Gasteiger partial charge in [0.05, 0.1) is 0 Å². The van der Waals surface area contributed by atoms with Gasteiger partial charge < -0.3 is 10.5 Å². The highest BCUT2D eigenvalue weighted by Crippen LogP contribution is 2.27. The van der Waals surface area contributed by atoms with E-state index in [9.17, 15) is 13.2 Å². The van der Waals surface area contributed by atoms with Crippen LogP contribution in [0.2, 0.25) is 0 Å². The van der Waals surface area contributed by atoms with Gasteiger partial charge in [-0.25, -0.2) is 0 Å². The first kappa shape index (κ1) is 15.1. The van der Waals surface area contributed by atoms with Crippen LogP contribution < -0.4 is 10.5 Å². The number of nitrogens with zero attached hydrogens (tertiary/aromatic N) is 1. The molecule has 0 saturated carbocycles. The molecule has 1 aromatic carbocycles. The third kappa shape index (κ3) is 4.38. The van der Waals surface area contributed by atoms with E-state index in [1.165, 1.54) is 12.1 Å². The number of fused-ring (bicyclic) bond motifs is 1. The monoisotopic (exact) mass is 288 g/mol. The van der Waals surface area contributed by atoms with Crippen LogP contribution in [0.15, 0.2) is 18.2 Å². The van der Waals surface area contributed by atoms with Crippen molar-refractivity contribution >= 4 is 0 Å². The number of nitrogens with two attached hydrogens (primary N) is 1. The maximum absolute atomic E-state index is 12.2. The fourth-order valence-electron chi connectivity index (χ4n) is 2.46. The molecular weight excluding hydrogens is 269 g/mol. The van der Waals surface area contributed by atoms with Gasteiger partial charge in [0.1, 0.15) is 5.75 Å². The Hall–Kier alpha value is -1.27. The number of halogens is 3. The highest BCUT2D eigenvalue weighted by atomic mass is 19.4. The Morgan fingerprint density at radius 3 is 2.70 bits per heavy atom. The standard InChI is InChI=1S/C14H19F3N2O/c15-14(16,17)20-13-4-3-12-10-19(7-2-1-6-18)8-5-11(12)9-13/h3-4,9H,1-2,5-8,10,18H2. The maximum atomic E-state index is 12.2. The second-order valence-electron chi connectivity index (χ2n) is 5.00. The van der Waals surface area contributed by atoms with E-state index in [1.54, 1.807) is 6.07 Å². The number of hydrogen-bond donors (Lipinski definition) is 1. The number of unbranched alkanes of at least 4 members (excludes halogenated alkanes) is 1. The second kappa shape index (κ2) is 6.45. The van der Waals surface area contributed by atoms with E-state index >= 15 is 0 Å². The molecule has 0 aromatic heterocycles. The highest BCUT2D eigenvalue weighted by molar-refractivity contribution is 5.37. The molecular formula is C14H19F3N2O. The molecule has 6 heteroatoms. The lowest BCUT2D eigenvalue weighted by Crippen LogP contribution is -2.31. The van der Waals surface area contributed by atoms with Crippen LogP contribution in [-0.4, -0.2) is 30.9 Å². The van der Waals surface area contributed by atoms with Crippen LogP contribution >= 0.6 is 0 Å². The molecule has 0 atom stereocenters. The lowest BCUT2D eigenvalue weighted by Gasteiger charge is -2.29. The van der Waals surface area contributed by atoms with Crippen molar-refractivity contribution in [3.8, 4) is 5.75 Å². The summed E-state index contributed by atoms with van der Waals surface area (Å²) < 4.78 is 40.4. The first-order valence-corrected chi connectivity index (χ1v) is 6.78. The molecule has 0 radical (unpaired) electrons. The minimum absolute atomic E-state index is 0.132. The van der Waals surface area contributed by atoms with Crippen molar-refractivity contribution in [3.05, 3.63) is 29.3 Å². The van der Waals surface area contributed by atoms with Crippen molar-refractivity contribution in [2.75, 3.05) is 19.6 Å². The van der Waals surface area contributed by atoms with E-state index in [0.29, 0.717) is 6.54 Å². The van der Waals surface area contributed by atoms with Crippen LogP contribution in [-0.2, 0) is 13.0 Å². The van der Waals surface area contributed by atoms with Crippen molar-refractivity contribution in [1.29, 1.82) is 0 Å². The van der Waals surface area contributed by atoms with Gasteiger partial charge in [-0.1, -0.05) is 6.07 Å². The molecule has 0 amide bonds. The molecule has 3 nitrogen and oxygen atoms in total. The molecule has 0 bridgehead atoms. The highest BCUT2D eigenvalue weighted by Gasteiger charge is 2.31. The van der Waals surface area contributed by atoms with Gasteiger partial charge in [-0.3, -0.25) is 4.90 Å². The van der Waals surface area contributed by atoms with Crippen LogP contribution in [0.4, 0.5) is 13.2 Å². The minimum Gasteiger partial charge on any atom is -0.406 e. The molecule has 0 fully saturated rings. The Bertz CT molecular complexity index is 449. The van der Waals surface area contributed by atoms with E-state index in [1.807, 2.05) is 0 Å². The minimum atomic E-state index is -4.63. The lowest BCUT2D eigenvalue weighted by molar-refractivity contribution is -0.274. The number of alkyl halides is 3. The Labute approximate surface area is 116 Å². The number of ether oxygens (including phenoxy) is 1. The van der Waals surface area contributed by atoms with Crippen molar-refractivity contribution in [1.82, 2.24) is 4.90 Å². The molecule has 0 spiro atoms. The van der Waals surface area contributed by atoms with Crippen LogP contribution in [0.25, 0.3) is 0 Å². The smallest absolute Gasteiger partial charge is 0.406 e. The zero-order valence-corrected chi connectivity index (χ0v) is 11.2. The fraction of sp³-hybridized carbons (Fsp3) is 0.571. The molecule has 0 unspecified atom stereocenters. The first-order valence-electron chi connectivity index (χ1n) is 6.78. The maximum Gasteiger partial charge on any atom is 0.573 e.